The fraction of sp³-hybridized carbons (Fsp3) is 0.157. The first-order chi connectivity index (χ1) is 25.8. The van der Waals surface area contributed by atoms with Crippen molar-refractivity contribution >= 4 is 11.0 Å². The Hall–Kier alpha value is -5.99. The summed E-state index contributed by atoms with van der Waals surface area (Å²) in [6.07, 6.45) is 0. The van der Waals surface area contributed by atoms with Gasteiger partial charge in [-0.1, -0.05) is 143 Å². The van der Waals surface area contributed by atoms with Crippen LogP contribution in [0.3, 0.4) is 0 Å². The number of rotatable bonds is 5. The van der Waals surface area contributed by atoms with Gasteiger partial charge in [-0.25, -0.2) is 4.57 Å². The Kier molecular flexibility index (Phi) is 8.00. The Morgan fingerprint density at radius 3 is 1.38 bits per heavy atom. The molecular formula is C51H45N2+. The van der Waals surface area contributed by atoms with Gasteiger partial charge in [-0.05, 0) is 116 Å². The number of hydrogen-bond donors (Lipinski definition) is 0. The lowest BCUT2D eigenvalue weighted by atomic mass is 9.79. The predicted molar refractivity (Wildman–Crippen MR) is 224 cm³/mol. The highest BCUT2D eigenvalue weighted by molar-refractivity contribution is 6.04. The summed E-state index contributed by atoms with van der Waals surface area (Å²) in [4.78, 5) is 0. The molecule has 8 aromatic rings. The van der Waals surface area contributed by atoms with Gasteiger partial charge in [-0.3, -0.25) is 0 Å². The minimum Gasteiger partial charge on any atom is -0.225 e. The number of imidazole rings is 1. The highest BCUT2D eigenvalue weighted by Crippen LogP contribution is 2.49. The van der Waals surface area contributed by atoms with Crippen LogP contribution in [0.2, 0.25) is 0 Å². The first kappa shape index (κ1) is 32.9. The summed E-state index contributed by atoms with van der Waals surface area (Å²) >= 11 is 0. The molecule has 0 fully saturated rings. The second-order valence-corrected chi connectivity index (χ2v) is 15.2. The van der Waals surface area contributed by atoms with Crippen molar-refractivity contribution in [1.82, 2.24) is 4.57 Å². The lowest BCUT2D eigenvalue weighted by Gasteiger charge is -2.24. The summed E-state index contributed by atoms with van der Waals surface area (Å²) in [5.74, 6) is 1.81. The molecule has 2 nitrogen and oxygen atoms in total. The number of fused-ring (bicyclic) bond motifs is 9. The zero-order valence-corrected chi connectivity index (χ0v) is 31.5. The Balaban J connectivity index is 1.39. The quantitative estimate of drug-likeness (QED) is 0.159. The van der Waals surface area contributed by atoms with Crippen LogP contribution in [0.5, 0.6) is 0 Å². The molecule has 1 heterocycles. The summed E-state index contributed by atoms with van der Waals surface area (Å²) in [5, 5.41) is 0. The van der Waals surface area contributed by atoms with E-state index in [1.165, 1.54) is 100 Å². The molecule has 0 radical (unpaired) electrons. The minimum absolute atomic E-state index is 0.311. The summed E-state index contributed by atoms with van der Waals surface area (Å²) in [6.45, 7) is 11.7. The molecule has 258 valence electrons. The minimum atomic E-state index is 0.311. The smallest absolute Gasteiger partial charge is 0.225 e. The SMILES string of the molecule is Cc1cc2c(cc1-c1n(-c3c(C(C)C)cc(-c4ccccc4)cc3C(C)C)c3ccccc3[n+]1C)-c1ccccc1-c1ccccc1-c1ccccc1-2. The molecule has 2 heteroatoms. The van der Waals surface area contributed by atoms with Gasteiger partial charge in [-0.15, -0.1) is 0 Å². The molecule has 0 N–H and O–H groups in total. The molecule has 1 aliphatic carbocycles. The average molecular weight is 686 g/mol. The Morgan fingerprint density at radius 1 is 0.434 bits per heavy atom. The van der Waals surface area contributed by atoms with E-state index in [1.807, 2.05) is 0 Å². The molecule has 0 aliphatic heterocycles. The van der Waals surface area contributed by atoms with Gasteiger partial charge < -0.3 is 0 Å². The standard InChI is InChI=1S/C51H45N2/c1-32(2)43-29-36(35-18-8-7-9-19-35)30-44(33(3)4)50(43)53-49-27-17-16-26-48(49)52(6)51(53)45-31-47-42-25-15-13-23-40(42)38-21-11-10-20-37(38)39-22-12-14-24-41(39)46(47)28-34(45)5/h7-33H,1-6H3/q+1. The zero-order valence-electron chi connectivity index (χ0n) is 31.5. The maximum atomic E-state index is 2.58. The van der Waals surface area contributed by atoms with Crippen LogP contribution in [0.1, 0.15) is 56.2 Å². The molecule has 0 saturated heterocycles. The normalized spacial score (nSPS) is 11.9. The molecule has 9 rings (SSSR count). The van der Waals surface area contributed by atoms with Crippen LogP contribution in [-0.4, -0.2) is 4.57 Å². The highest BCUT2D eigenvalue weighted by Gasteiger charge is 2.33. The average Bonchev–Trinajstić information content (AvgIpc) is 3.48. The van der Waals surface area contributed by atoms with Gasteiger partial charge >= 0.3 is 0 Å². The summed E-state index contributed by atoms with van der Waals surface area (Å²) in [7, 11) is 2.24. The monoisotopic (exact) mass is 685 g/mol. The third kappa shape index (κ3) is 5.27. The Morgan fingerprint density at radius 2 is 0.868 bits per heavy atom. The van der Waals surface area contributed by atoms with E-state index in [-0.39, 0.29) is 0 Å². The van der Waals surface area contributed by atoms with Gasteiger partial charge in [-0.2, -0.15) is 4.57 Å². The van der Waals surface area contributed by atoms with Crippen molar-refractivity contribution in [3.63, 3.8) is 0 Å². The Labute approximate surface area is 313 Å². The van der Waals surface area contributed by atoms with Crippen molar-refractivity contribution in [2.24, 2.45) is 7.05 Å². The number of aryl methyl sites for hydroxylation is 2. The number of nitrogens with zero attached hydrogens (tertiary/aromatic N) is 2. The van der Waals surface area contributed by atoms with Gasteiger partial charge in [0.05, 0.1) is 12.6 Å². The highest BCUT2D eigenvalue weighted by atomic mass is 15.2. The lowest BCUT2D eigenvalue weighted by molar-refractivity contribution is -0.633. The molecule has 1 aromatic heterocycles. The first-order valence-electron chi connectivity index (χ1n) is 19.0. The first-order valence-corrected chi connectivity index (χ1v) is 19.0. The molecule has 0 saturated carbocycles. The van der Waals surface area contributed by atoms with Crippen LogP contribution < -0.4 is 4.57 Å². The van der Waals surface area contributed by atoms with Gasteiger partial charge in [0.15, 0.2) is 11.0 Å². The number of aromatic nitrogens is 2. The third-order valence-electron chi connectivity index (χ3n) is 11.3. The van der Waals surface area contributed by atoms with Crippen LogP contribution in [0.4, 0.5) is 0 Å². The van der Waals surface area contributed by atoms with Crippen LogP contribution in [-0.2, 0) is 7.05 Å². The van der Waals surface area contributed by atoms with Crippen molar-refractivity contribution < 1.29 is 4.57 Å². The summed E-state index contributed by atoms with van der Waals surface area (Å²) in [6, 6.07) is 56.4. The topological polar surface area (TPSA) is 8.81 Å². The zero-order chi connectivity index (χ0) is 36.4. The second kappa shape index (κ2) is 12.9. The van der Waals surface area contributed by atoms with Crippen molar-refractivity contribution in [3.05, 3.63) is 168 Å². The summed E-state index contributed by atoms with van der Waals surface area (Å²) in [5.41, 5.74) is 21.6. The second-order valence-electron chi connectivity index (χ2n) is 15.2. The van der Waals surface area contributed by atoms with E-state index >= 15 is 0 Å². The number of hydrogen-bond acceptors (Lipinski definition) is 0. The lowest BCUT2D eigenvalue weighted by Crippen LogP contribution is -2.30. The van der Waals surface area contributed by atoms with E-state index in [0.29, 0.717) is 11.8 Å². The van der Waals surface area contributed by atoms with Crippen LogP contribution in [0, 0.1) is 6.92 Å². The van der Waals surface area contributed by atoms with Crippen molar-refractivity contribution in [1.29, 1.82) is 0 Å². The van der Waals surface area contributed by atoms with E-state index in [2.05, 4.69) is 202 Å². The molecule has 0 amide bonds. The Bertz CT molecular complexity index is 2660. The van der Waals surface area contributed by atoms with E-state index in [0.717, 1.165) is 0 Å². The van der Waals surface area contributed by atoms with Gasteiger partial charge in [0, 0.05) is 11.1 Å². The maximum absolute atomic E-state index is 2.58. The molecule has 1 aliphatic rings. The van der Waals surface area contributed by atoms with Crippen LogP contribution in [0.25, 0.3) is 83.7 Å². The van der Waals surface area contributed by atoms with E-state index < -0.39 is 0 Å². The van der Waals surface area contributed by atoms with Crippen molar-refractivity contribution in [2.75, 3.05) is 0 Å². The van der Waals surface area contributed by atoms with Gasteiger partial charge in [0.1, 0.15) is 5.69 Å². The molecule has 0 spiro atoms. The van der Waals surface area contributed by atoms with E-state index in [1.54, 1.807) is 0 Å². The molecule has 53 heavy (non-hydrogen) atoms. The molecule has 0 atom stereocenters. The molecule has 0 unspecified atom stereocenters. The fourth-order valence-corrected chi connectivity index (χ4v) is 8.71. The number of benzene rings is 7. The van der Waals surface area contributed by atoms with Gasteiger partial charge in [0.25, 0.3) is 5.82 Å². The summed E-state index contributed by atoms with van der Waals surface area (Å²) < 4.78 is 5.00. The van der Waals surface area contributed by atoms with Crippen LogP contribution in [0.15, 0.2) is 152 Å². The largest absolute Gasteiger partial charge is 0.295 e. The van der Waals surface area contributed by atoms with Gasteiger partial charge in [0.2, 0.25) is 0 Å². The fourth-order valence-electron chi connectivity index (χ4n) is 8.71. The number of para-hydroxylation sites is 2. The maximum Gasteiger partial charge on any atom is 0.295 e. The molecule has 7 aromatic carbocycles. The molecular weight excluding hydrogens is 641 g/mol. The predicted octanol–water partition coefficient (Wildman–Crippen LogP) is 13.3. The van der Waals surface area contributed by atoms with E-state index in [9.17, 15) is 0 Å². The van der Waals surface area contributed by atoms with Crippen LogP contribution >= 0.6 is 0 Å². The third-order valence-corrected chi connectivity index (χ3v) is 11.3. The molecule has 0 bridgehead atoms. The van der Waals surface area contributed by atoms with Crippen molar-refractivity contribution in [2.45, 2.75) is 46.5 Å². The van der Waals surface area contributed by atoms with E-state index in [4.69, 9.17) is 0 Å². The van der Waals surface area contributed by atoms with Crippen molar-refractivity contribution in [3.8, 4) is 72.7 Å².